The summed E-state index contributed by atoms with van der Waals surface area (Å²) in [5, 5.41) is 0. The number of ether oxygens (including phenoxy) is 4. The van der Waals surface area contributed by atoms with Crippen molar-refractivity contribution >= 4 is 11.9 Å². The second-order valence-corrected chi connectivity index (χ2v) is 7.09. The van der Waals surface area contributed by atoms with Gasteiger partial charge in [-0.3, -0.25) is 0 Å². The van der Waals surface area contributed by atoms with Crippen LogP contribution in [-0.4, -0.2) is 39.4 Å². The second kappa shape index (κ2) is 18.4. The number of carbonyl (C=O) groups is 2. The quantitative estimate of drug-likeness (QED) is 0.259. The van der Waals surface area contributed by atoms with Gasteiger partial charge in [-0.1, -0.05) is 51.0 Å². The lowest BCUT2D eigenvalue weighted by atomic mass is 10.1. The molecule has 2 aromatic rings. The predicted molar refractivity (Wildman–Crippen MR) is 137 cm³/mol. The summed E-state index contributed by atoms with van der Waals surface area (Å²) in [6.45, 7) is 12.9. The van der Waals surface area contributed by atoms with E-state index in [1.54, 1.807) is 24.3 Å². The average molecular weight is 475 g/mol. The molecule has 0 saturated carbocycles. The summed E-state index contributed by atoms with van der Waals surface area (Å²) in [6, 6.07) is 11.0. The van der Waals surface area contributed by atoms with Gasteiger partial charge in [0, 0.05) is 0 Å². The third-order valence-corrected chi connectivity index (χ3v) is 4.63. The monoisotopic (exact) mass is 474 g/mol. The van der Waals surface area contributed by atoms with Crippen LogP contribution in [0, 0.1) is 13.8 Å². The molecule has 6 heteroatoms. The standard InChI is InChI=1S/C24H30O6.2C2H6/c1-17-9-11-21(19(15-17)23(25)27-3)29-13-7-5-6-8-14-30-22-12-10-18(2)16-20(22)24(26)28-4;2*1-2/h9-12,15-16H,5-8,13-14H2,1-4H3;2*1-2H3. The Balaban J connectivity index is 0.00000258. The first kappa shape index (κ1) is 31.0. The van der Waals surface area contributed by atoms with Gasteiger partial charge in [-0.2, -0.15) is 0 Å². The van der Waals surface area contributed by atoms with Crippen molar-refractivity contribution < 1.29 is 28.5 Å². The molecule has 0 spiro atoms. The summed E-state index contributed by atoms with van der Waals surface area (Å²) in [5.74, 6) is 0.303. The average Bonchev–Trinajstić information content (AvgIpc) is 2.88. The molecule has 34 heavy (non-hydrogen) atoms. The van der Waals surface area contributed by atoms with Gasteiger partial charge in [0.2, 0.25) is 0 Å². The van der Waals surface area contributed by atoms with Crippen LogP contribution in [0.4, 0.5) is 0 Å². The van der Waals surface area contributed by atoms with Crippen molar-refractivity contribution in [3.05, 3.63) is 58.7 Å². The number of methoxy groups -OCH3 is 2. The molecular weight excluding hydrogens is 432 g/mol. The molecule has 0 amide bonds. The lowest BCUT2D eigenvalue weighted by Gasteiger charge is -2.12. The van der Waals surface area contributed by atoms with Crippen LogP contribution in [0.5, 0.6) is 11.5 Å². The summed E-state index contributed by atoms with van der Waals surface area (Å²) in [5.41, 5.74) is 2.86. The maximum Gasteiger partial charge on any atom is 0.341 e. The molecule has 2 rings (SSSR count). The molecule has 0 aliphatic heterocycles. The summed E-state index contributed by atoms with van der Waals surface area (Å²) >= 11 is 0. The van der Waals surface area contributed by atoms with Gasteiger partial charge in [0.15, 0.2) is 0 Å². The highest BCUT2D eigenvalue weighted by atomic mass is 16.5. The molecule has 0 heterocycles. The topological polar surface area (TPSA) is 71.1 Å². The number of unbranched alkanes of at least 4 members (excludes halogenated alkanes) is 3. The number of carbonyl (C=O) groups excluding carboxylic acids is 2. The molecule has 0 radical (unpaired) electrons. The lowest BCUT2D eigenvalue weighted by molar-refractivity contribution is 0.0586. The van der Waals surface area contributed by atoms with Crippen LogP contribution in [0.25, 0.3) is 0 Å². The molecule has 190 valence electrons. The van der Waals surface area contributed by atoms with E-state index in [1.807, 2.05) is 53.7 Å². The molecule has 2 aromatic carbocycles. The first-order valence-electron chi connectivity index (χ1n) is 12.1. The minimum absolute atomic E-state index is 0.395. The fourth-order valence-corrected chi connectivity index (χ4v) is 3.00. The summed E-state index contributed by atoms with van der Waals surface area (Å²) in [6.07, 6.45) is 3.68. The molecule has 0 saturated heterocycles. The maximum atomic E-state index is 11.9. The van der Waals surface area contributed by atoms with E-state index in [1.165, 1.54) is 14.2 Å². The summed E-state index contributed by atoms with van der Waals surface area (Å²) in [7, 11) is 2.72. The zero-order valence-corrected chi connectivity index (χ0v) is 22.2. The SMILES string of the molecule is CC.CC.COC(=O)c1cc(C)ccc1OCCCCCCOc1ccc(C)cc1C(=O)OC. The van der Waals surface area contributed by atoms with E-state index in [9.17, 15) is 9.59 Å². The number of hydrogen-bond donors (Lipinski definition) is 0. The van der Waals surface area contributed by atoms with Gasteiger partial charge in [-0.15, -0.1) is 0 Å². The number of benzene rings is 2. The summed E-state index contributed by atoms with van der Waals surface area (Å²) < 4.78 is 21.2. The van der Waals surface area contributed by atoms with E-state index in [0.717, 1.165) is 36.8 Å². The first-order valence-corrected chi connectivity index (χ1v) is 12.1. The third kappa shape index (κ3) is 10.7. The van der Waals surface area contributed by atoms with Gasteiger partial charge in [0.1, 0.15) is 22.6 Å². The van der Waals surface area contributed by atoms with E-state index in [4.69, 9.17) is 18.9 Å². The van der Waals surface area contributed by atoms with Gasteiger partial charge >= 0.3 is 11.9 Å². The predicted octanol–water partition coefficient (Wildman–Crippen LogP) is 6.95. The van der Waals surface area contributed by atoms with E-state index in [-0.39, 0.29) is 0 Å². The third-order valence-electron chi connectivity index (χ3n) is 4.63. The van der Waals surface area contributed by atoms with Crippen molar-refractivity contribution in [1.82, 2.24) is 0 Å². The normalized spacial score (nSPS) is 9.53. The molecule has 0 aliphatic rings. The Morgan fingerprint density at radius 2 is 0.971 bits per heavy atom. The summed E-state index contributed by atoms with van der Waals surface area (Å²) in [4.78, 5) is 23.7. The van der Waals surface area contributed by atoms with Gasteiger partial charge in [-0.05, 0) is 63.8 Å². The van der Waals surface area contributed by atoms with E-state index in [0.29, 0.717) is 35.8 Å². The number of esters is 2. The van der Waals surface area contributed by atoms with Crippen LogP contribution >= 0.6 is 0 Å². The van der Waals surface area contributed by atoms with Gasteiger partial charge in [0.25, 0.3) is 0 Å². The highest BCUT2D eigenvalue weighted by molar-refractivity contribution is 5.93. The van der Waals surface area contributed by atoms with Crippen LogP contribution in [0.15, 0.2) is 36.4 Å². The van der Waals surface area contributed by atoms with Crippen molar-refractivity contribution in [2.75, 3.05) is 27.4 Å². The first-order chi connectivity index (χ1) is 16.5. The minimum Gasteiger partial charge on any atom is -0.493 e. The van der Waals surface area contributed by atoms with Gasteiger partial charge in [0.05, 0.1) is 27.4 Å². The Kier molecular flexibility index (Phi) is 16.8. The molecule has 0 bridgehead atoms. The second-order valence-electron chi connectivity index (χ2n) is 7.09. The van der Waals surface area contributed by atoms with Crippen molar-refractivity contribution in [2.24, 2.45) is 0 Å². The molecule has 0 aromatic heterocycles. The lowest BCUT2D eigenvalue weighted by Crippen LogP contribution is -2.08. The van der Waals surface area contributed by atoms with Gasteiger partial charge in [-0.25, -0.2) is 9.59 Å². The fourth-order valence-electron chi connectivity index (χ4n) is 3.00. The zero-order valence-electron chi connectivity index (χ0n) is 22.2. The van der Waals surface area contributed by atoms with Crippen molar-refractivity contribution in [2.45, 2.75) is 67.2 Å². The van der Waals surface area contributed by atoms with E-state index < -0.39 is 11.9 Å². The molecule has 0 fully saturated rings. The molecule has 0 atom stereocenters. The van der Waals surface area contributed by atoms with E-state index in [2.05, 4.69) is 0 Å². The largest absolute Gasteiger partial charge is 0.493 e. The highest BCUT2D eigenvalue weighted by Crippen LogP contribution is 2.22. The Hall–Kier alpha value is -3.02. The Morgan fingerprint density at radius 3 is 1.29 bits per heavy atom. The Morgan fingerprint density at radius 1 is 0.618 bits per heavy atom. The van der Waals surface area contributed by atoms with Crippen LogP contribution in [0.1, 0.15) is 85.2 Å². The highest BCUT2D eigenvalue weighted by Gasteiger charge is 2.14. The smallest absolute Gasteiger partial charge is 0.341 e. The van der Waals surface area contributed by atoms with Crippen molar-refractivity contribution in [1.29, 1.82) is 0 Å². The Bertz CT molecular complexity index is 788. The maximum absolute atomic E-state index is 11.9. The van der Waals surface area contributed by atoms with Crippen LogP contribution in [0.3, 0.4) is 0 Å². The molecule has 0 N–H and O–H groups in total. The molecule has 0 unspecified atom stereocenters. The molecule has 0 aliphatic carbocycles. The van der Waals surface area contributed by atoms with Gasteiger partial charge < -0.3 is 18.9 Å². The number of aryl methyl sites for hydroxylation is 2. The van der Waals surface area contributed by atoms with Crippen LogP contribution in [0.2, 0.25) is 0 Å². The molecular formula is C28H42O6. The van der Waals surface area contributed by atoms with Crippen molar-refractivity contribution in [3.63, 3.8) is 0 Å². The van der Waals surface area contributed by atoms with E-state index >= 15 is 0 Å². The zero-order chi connectivity index (χ0) is 25.9. The number of hydrogen-bond acceptors (Lipinski definition) is 6. The van der Waals surface area contributed by atoms with Crippen molar-refractivity contribution in [3.8, 4) is 11.5 Å². The Labute approximate surface area is 205 Å². The minimum atomic E-state index is -0.395. The van der Waals surface area contributed by atoms with Crippen LogP contribution in [-0.2, 0) is 9.47 Å². The fraction of sp³-hybridized carbons (Fsp3) is 0.500. The molecule has 6 nitrogen and oxygen atoms in total. The van der Waals surface area contributed by atoms with Crippen LogP contribution < -0.4 is 9.47 Å². The number of rotatable bonds is 11.